The van der Waals surface area contributed by atoms with Crippen LogP contribution < -0.4 is 4.90 Å². The summed E-state index contributed by atoms with van der Waals surface area (Å²) in [6.45, 7) is 5.43. The van der Waals surface area contributed by atoms with Crippen LogP contribution in [0.4, 0.5) is 10.5 Å². The second-order valence-electron chi connectivity index (χ2n) is 7.68. The fourth-order valence-electron chi connectivity index (χ4n) is 4.64. The number of piperidine rings is 1. The van der Waals surface area contributed by atoms with E-state index in [4.69, 9.17) is 16.7 Å². The second-order valence-corrected chi connectivity index (χ2v) is 8.08. The molecule has 0 spiro atoms. The van der Waals surface area contributed by atoms with E-state index in [2.05, 4.69) is 15.9 Å². The highest BCUT2D eigenvalue weighted by Crippen LogP contribution is 2.36. The van der Waals surface area contributed by atoms with Crippen molar-refractivity contribution in [2.45, 2.75) is 19.4 Å². The average Bonchev–Trinajstić information content (AvgIpc) is 3.15. The van der Waals surface area contributed by atoms with Gasteiger partial charge in [0.25, 0.3) is 0 Å². The summed E-state index contributed by atoms with van der Waals surface area (Å²) in [6, 6.07) is 6.02. The lowest BCUT2D eigenvalue weighted by Gasteiger charge is -2.32. The summed E-state index contributed by atoms with van der Waals surface area (Å²) in [7, 11) is 0. The van der Waals surface area contributed by atoms with Crippen molar-refractivity contribution in [3.05, 3.63) is 28.8 Å². The predicted octanol–water partition coefficient (Wildman–Crippen LogP) is 2.55. The molecule has 3 aliphatic heterocycles. The highest BCUT2D eigenvalue weighted by molar-refractivity contribution is 6.33. The number of carboxylic acid groups (broad SMARTS) is 1. The fraction of sp³-hybridized carbons (Fsp3) is 0.579. The standard InChI is InChI=1S/C19H24ClN3O3/c20-17-3-1-2-13(18(17)22-6-4-16(24)5-7-22)8-21-9-14-11-23(19(25)26)12-15(14)10-21/h1-3,14-15H,4-12H2,(H,25,26). The lowest BCUT2D eigenvalue weighted by atomic mass is 10.0. The highest BCUT2D eigenvalue weighted by atomic mass is 35.5. The monoisotopic (exact) mass is 377 g/mol. The predicted molar refractivity (Wildman–Crippen MR) is 99.8 cm³/mol. The van der Waals surface area contributed by atoms with E-state index in [0.29, 0.717) is 43.6 Å². The Morgan fingerprint density at radius 2 is 1.77 bits per heavy atom. The summed E-state index contributed by atoms with van der Waals surface area (Å²) >= 11 is 6.52. The minimum atomic E-state index is -0.803. The summed E-state index contributed by atoms with van der Waals surface area (Å²) < 4.78 is 0. The number of hydrogen-bond acceptors (Lipinski definition) is 4. The zero-order valence-electron chi connectivity index (χ0n) is 14.7. The third-order valence-electron chi connectivity index (χ3n) is 5.93. The number of nitrogens with zero attached hydrogens (tertiary/aromatic N) is 3. The van der Waals surface area contributed by atoms with Crippen LogP contribution in [0.15, 0.2) is 18.2 Å². The maximum absolute atomic E-state index is 11.6. The first kappa shape index (κ1) is 17.6. The number of anilines is 1. The van der Waals surface area contributed by atoms with Gasteiger partial charge in [0, 0.05) is 58.7 Å². The smallest absolute Gasteiger partial charge is 0.407 e. The number of likely N-dealkylation sites (tertiary alicyclic amines) is 2. The molecule has 1 aromatic carbocycles. The molecule has 0 radical (unpaired) electrons. The number of hydrogen-bond donors (Lipinski definition) is 1. The van der Waals surface area contributed by atoms with Gasteiger partial charge < -0.3 is 14.9 Å². The molecule has 6 nitrogen and oxygen atoms in total. The van der Waals surface area contributed by atoms with Crippen LogP contribution >= 0.6 is 11.6 Å². The number of carbonyl (C=O) groups excluding carboxylic acids is 1. The molecule has 140 valence electrons. The molecule has 0 aromatic heterocycles. The zero-order chi connectivity index (χ0) is 18.3. The van der Waals surface area contributed by atoms with Gasteiger partial charge in [0.05, 0.1) is 10.7 Å². The number of amides is 1. The third-order valence-corrected chi connectivity index (χ3v) is 6.24. The molecule has 7 heteroatoms. The number of halogens is 1. The molecule has 0 saturated carbocycles. The first-order valence-corrected chi connectivity index (χ1v) is 9.63. The number of para-hydroxylation sites is 1. The average molecular weight is 378 g/mol. The van der Waals surface area contributed by atoms with E-state index < -0.39 is 6.09 Å². The third kappa shape index (κ3) is 3.40. The van der Waals surface area contributed by atoms with Gasteiger partial charge in [0.1, 0.15) is 5.78 Å². The Bertz CT molecular complexity index is 702. The first-order valence-electron chi connectivity index (χ1n) is 9.25. The van der Waals surface area contributed by atoms with Crippen molar-refractivity contribution < 1.29 is 14.7 Å². The fourth-order valence-corrected chi connectivity index (χ4v) is 4.95. The molecule has 26 heavy (non-hydrogen) atoms. The first-order chi connectivity index (χ1) is 12.5. The molecular weight excluding hydrogens is 354 g/mol. The topological polar surface area (TPSA) is 64.1 Å². The number of fused-ring (bicyclic) bond motifs is 1. The Hall–Kier alpha value is -1.79. The number of ketones is 1. The maximum atomic E-state index is 11.6. The molecule has 0 bridgehead atoms. The summed E-state index contributed by atoms with van der Waals surface area (Å²) in [4.78, 5) is 28.9. The van der Waals surface area contributed by atoms with E-state index in [1.54, 1.807) is 4.90 Å². The Kier molecular flexibility index (Phi) is 4.80. The van der Waals surface area contributed by atoms with Crippen molar-refractivity contribution in [2.24, 2.45) is 11.8 Å². The van der Waals surface area contributed by atoms with E-state index in [1.165, 1.54) is 5.56 Å². The lowest BCUT2D eigenvalue weighted by molar-refractivity contribution is -0.119. The van der Waals surface area contributed by atoms with Crippen molar-refractivity contribution in [1.82, 2.24) is 9.80 Å². The molecule has 2 atom stereocenters. The summed E-state index contributed by atoms with van der Waals surface area (Å²) in [5, 5.41) is 9.91. The quantitative estimate of drug-likeness (QED) is 0.877. The van der Waals surface area contributed by atoms with Gasteiger partial charge in [-0.2, -0.15) is 0 Å². The molecule has 1 aromatic rings. The van der Waals surface area contributed by atoms with Gasteiger partial charge in [-0.1, -0.05) is 23.7 Å². The van der Waals surface area contributed by atoms with Crippen molar-refractivity contribution in [3.8, 4) is 0 Å². The van der Waals surface area contributed by atoms with Gasteiger partial charge in [-0.3, -0.25) is 9.69 Å². The number of carbonyl (C=O) groups is 2. The molecule has 3 heterocycles. The van der Waals surface area contributed by atoms with Crippen LogP contribution in [0.5, 0.6) is 0 Å². The van der Waals surface area contributed by atoms with Gasteiger partial charge in [-0.15, -0.1) is 0 Å². The van der Waals surface area contributed by atoms with Crippen LogP contribution in [-0.2, 0) is 11.3 Å². The SMILES string of the molecule is O=C1CCN(c2c(Cl)cccc2CN2CC3CN(C(=O)O)CC3C2)CC1. The molecule has 2 unspecified atom stereocenters. The van der Waals surface area contributed by atoms with Crippen LogP contribution in [-0.4, -0.2) is 66.1 Å². The van der Waals surface area contributed by atoms with E-state index in [9.17, 15) is 9.59 Å². The Balaban J connectivity index is 1.46. The molecule has 3 aliphatic rings. The number of benzene rings is 1. The van der Waals surface area contributed by atoms with Gasteiger partial charge >= 0.3 is 6.09 Å². The van der Waals surface area contributed by atoms with E-state index in [0.717, 1.165) is 43.4 Å². The minimum absolute atomic E-state index is 0.324. The van der Waals surface area contributed by atoms with Gasteiger partial charge in [-0.05, 0) is 23.5 Å². The number of Topliss-reactive ketones (excluding diaryl/α,β-unsaturated/α-hetero) is 1. The van der Waals surface area contributed by atoms with Crippen LogP contribution in [0, 0.1) is 11.8 Å². The Morgan fingerprint density at radius 3 is 2.38 bits per heavy atom. The summed E-state index contributed by atoms with van der Waals surface area (Å²) in [6.07, 6.45) is 0.371. The van der Waals surface area contributed by atoms with Crippen LogP contribution in [0.25, 0.3) is 0 Å². The second kappa shape index (κ2) is 7.08. The van der Waals surface area contributed by atoms with Crippen molar-refractivity contribution >= 4 is 29.2 Å². The molecule has 1 N–H and O–H groups in total. The maximum Gasteiger partial charge on any atom is 0.407 e. The molecule has 3 fully saturated rings. The van der Waals surface area contributed by atoms with Crippen molar-refractivity contribution in [1.29, 1.82) is 0 Å². The summed E-state index contributed by atoms with van der Waals surface area (Å²) in [5.74, 6) is 1.19. The van der Waals surface area contributed by atoms with E-state index in [1.807, 2.05) is 12.1 Å². The van der Waals surface area contributed by atoms with E-state index in [-0.39, 0.29) is 0 Å². The van der Waals surface area contributed by atoms with Crippen molar-refractivity contribution in [2.75, 3.05) is 44.2 Å². The van der Waals surface area contributed by atoms with Crippen LogP contribution in [0.2, 0.25) is 5.02 Å². The van der Waals surface area contributed by atoms with Crippen LogP contribution in [0.1, 0.15) is 18.4 Å². The van der Waals surface area contributed by atoms with Gasteiger partial charge in [0.2, 0.25) is 0 Å². The van der Waals surface area contributed by atoms with Crippen LogP contribution in [0.3, 0.4) is 0 Å². The Labute approximate surface area is 158 Å². The zero-order valence-corrected chi connectivity index (χ0v) is 15.5. The molecule has 4 rings (SSSR count). The van der Waals surface area contributed by atoms with Crippen molar-refractivity contribution in [3.63, 3.8) is 0 Å². The highest BCUT2D eigenvalue weighted by Gasteiger charge is 2.41. The molecule has 1 amide bonds. The largest absolute Gasteiger partial charge is 0.465 e. The lowest BCUT2D eigenvalue weighted by Crippen LogP contribution is -2.35. The van der Waals surface area contributed by atoms with Gasteiger partial charge in [-0.25, -0.2) is 4.79 Å². The Morgan fingerprint density at radius 1 is 1.12 bits per heavy atom. The summed E-state index contributed by atoms with van der Waals surface area (Å²) in [5.41, 5.74) is 2.26. The molecule has 0 aliphatic carbocycles. The van der Waals surface area contributed by atoms with E-state index >= 15 is 0 Å². The minimum Gasteiger partial charge on any atom is -0.465 e. The molecule has 3 saturated heterocycles. The normalized spacial score (nSPS) is 26.4. The molecular formula is C19H24ClN3O3. The van der Waals surface area contributed by atoms with Gasteiger partial charge in [0.15, 0.2) is 0 Å². The number of rotatable bonds is 3.